The molecule has 0 N–H and O–H groups in total. The van der Waals surface area contributed by atoms with Gasteiger partial charge in [0.1, 0.15) is 5.75 Å². The number of carbonyl (C=O) groups is 2. The van der Waals surface area contributed by atoms with E-state index in [9.17, 15) is 9.59 Å². The Hall–Kier alpha value is -3.02. The van der Waals surface area contributed by atoms with Crippen molar-refractivity contribution in [1.29, 1.82) is 0 Å². The summed E-state index contributed by atoms with van der Waals surface area (Å²) in [4.78, 5) is 29.3. The summed E-state index contributed by atoms with van der Waals surface area (Å²) in [6.07, 6.45) is 0. The van der Waals surface area contributed by atoms with Crippen LogP contribution in [0.15, 0.2) is 82.6 Å². The van der Waals surface area contributed by atoms with Gasteiger partial charge in [0.15, 0.2) is 0 Å². The van der Waals surface area contributed by atoms with Crippen molar-refractivity contribution in [3.63, 3.8) is 0 Å². The summed E-state index contributed by atoms with van der Waals surface area (Å²) in [5.41, 5.74) is 2.36. The molecule has 1 aliphatic rings. The molecule has 0 fully saturated rings. The van der Waals surface area contributed by atoms with Crippen LogP contribution < -0.4 is 9.64 Å². The zero-order valence-corrected chi connectivity index (χ0v) is 18.0. The molecule has 0 saturated heterocycles. The van der Waals surface area contributed by atoms with E-state index < -0.39 is 0 Å². The van der Waals surface area contributed by atoms with Crippen LogP contribution in [0.3, 0.4) is 0 Å². The molecule has 3 aromatic rings. The maximum atomic E-state index is 13.4. The lowest BCUT2D eigenvalue weighted by Crippen LogP contribution is -2.31. The van der Waals surface area contributed by atoms with Crippen LogP contribution in [0.4, 0.5) is 5.69 Å². The first kappa shape index (κ1) is 20.3. The monoisotopic (exact) mass is 435 g/mol. The lowest BCUT2D eigenvalue weighted by atomic mass is 10.1. The Morgan fingerprint density at radius 1 is 0.900 bits per heavy atom. The third-order valence-corrected chi connectivity index (χ3v) is 6.29. The minimum absolute atomic E-state index is 0.361. The highest BCUT2D eigenvalue weighted by molar-refractivity contribution is 8.04. The van der Waals surface area contributed by atoms with Gasteiger partial charge in [-0.1, -0.05) is 59.8 Å². The Balaban J connectivity index is 1.81. The van der Waals surface area contributed by atoms with Crippen molar-refractivity contribution >= 4 is 46.4 Å². The predicted octanol–water partition coefficient (Wildman–Crippen LogP) is 5.73. The molecule has 0 bridgehead atoms. The van der Waals surface area contributed by atoms with Crippen molar-refractivity contribution in [3.05, 3.63) is 93.9 Å². The van der Waals surface area contributed by atoms with Gasteiger partial charge in [0, 0.05) is 9.92 Å². The van der Waals surface area contributed by atoms with Crippen LogP contribution in [0.2, 0.25) is 5.02 Å². The number of benzene rings is 3. The molecule has 0 aliphatic carbocycles. The first-order chi connectivity index (χ1) is 14.5. The van der Waals surface area contributed by atoms with Crippen molar-refractivity contribution in [1.82, 2.24) is 0 Å². The van der Waals surface area contributed by atoms with Gasteiger partial charge >= 0.3 is 0 Å². The van der Waals surface area contributed by atoms with Gasteiger partial charge in [0.05, 0.1) is 23.3 Å². The highest BCUT2D eigenvalue weighted by atomic mass is 35.5. The van der Waals surface area contributed by atoms with Gasteiger partial charge in [0.2, 0.25) is 0 Å². The molecular weight excluding hydrogens is 418 g/mol. The van der Waals surface area contributed by atoms with E-state index in [0.29, 0.717) is 32.5 Å². The van der Waals surface area contributed by atoms with Gasteiger partial charge in [-0.05, 0) is 54.4 Å². The number of ether oxygens (including phenoxy) is 1. The van der Waals surface area contributed by atoms with Crippen molar-refractivity contribution < 1.29 is 14.3 Å². The molecule has 0 saturated carbocycles. The largest absolute Gasteiger partial charge is 0.497 e. The Morgan fingerprint density at radius 3 is 2.23 bits per heavy atom. The second-order valence-corrected chi connectivity index (χ2v) is 8.22. The van der Waals surface area contributed by atoms with E-state index in [4.69, 9.17) is 16.3 Å². The molecule has 1 heterocycles. The lowest BCUT2D eigenvalue weighted by Gasteiger charge is -2.16. The molecular formula is C24H18ClNO3S. The fourth-order valence-corrected chi connectivity index (χ4v) is 4.37. The van der Waals surface area contributed by atoms with Crippen LogP contribution >= 0.6 is 23.4 Å². The first-order valence-corrected chi connectivity index (χ1v) is 10.5. The molecule has 30 heavy (non-hydrogen) atoms. The number of hydrogen-bond acceptors (Lipinski definition) is 4. The molecule has 0 aromatic heterocycles. The number of amides is 2. The van der Waals surface area contributed by atoms with E-state index in [1.165, 1.54) is 16.7 Å². The summed E-state index contributed by atoms with van der Waals surface area (Å²) in [6.45, 7) is 1.87. The predicted molar refractivity (Wildman–Crippen MR) is 121 cm³/mol. The zero-order valence-electron chi connectivity index (χ0n) is 16.4. The summed E-state index contributed by atoms with van der Waals surface area (Å²) in [7, 11) is 1.58. The second kappa shape index (κ2) is 8.38. The minimum Gasteiger partial charge on any atom is -0.497 e. The maximum Gasteiger partial charge on any atom is 0.272 e. The lowest BCUT2D eigenvalue weighted by molar-refractivity contribution is -0.119. The van der Waals surface area contributed by atoms with Gasteiger partial charge < -0.3 is 4.74 Å². The van der Waals surface area contributed by atoms with E-state index in [2.05, 4.69) is 0 Å². The molecule has 1 aliphatic heterocycles. The Labute approximate surface area is 184 Å². The van der Waals surface area contributed by atoms with Gasteiger partial charge in [-0.25, -0.2) is 4.90 Å². The number of hydrogen-bond donors (Lipinski definition) is 0. The topological polar surface area (TPSA) is 46.6 Å². The third-order valence-electron chi connectivity index (χ3n) is 4.80. The fraction of sp³-hybridized carbons (Fsp3) is 0.0833. The molecule has 0 spiro atoms. The normalized spacial score (nSPS) is 13.9. The van der Waals surface area contributed by atoms with E-state index in [-0.39, 0.29) is 11.8 Å². The summed E-state index contributed by atoms with van der Waals surface area (Å²) < 4.78 is 5.22. The van der Waals surface area contributed by atoms with E-state index in [0.717, 1.165) is 10.5 Å². The first-order valence-electron chi connectivity index (χ1n) is 9.26. The summed E-state index contributed by atoms with van der Waals surface area (Å²) in [5.74, 6) is -0.0568. The minimum atomic E-state index is -0.372. The van der Waals surface area contributed by atoms with Crippen molar-refractivity contribution in [2.75, 3.05) is 12.0 Å². The van der Waals surface area contributed by atoms with Crippen LogP contribution in [0.5, 0.6) is 5.75 Å². The van der Waals surface area contributed by atoms with Gasteiger partial charge in [-0.3, -0.25) is 9.59 Å². The standard InChI is InChI=1S/C24H18ClNO3S/c1-15-8-11-17(14-20(15)25)26-23(27)21(16-9-12-18(29-2)13-10-16)22(24(26)28)30-19-6-4-3-5-7-19/h3-14H,1-2H3. The van der Waals surface area contributed by atoms with Gasteiger partial charge in [-0.2, -0.15) is 0 Å². The maximum absolute atomic E-state index is 13.4. The van der Waals surface area contributed by atoms with Crippen LogP contribution in [-0.2, 0) is 9.59 Å². The molecule has 0 atom stereocenters. The number of thioether (sulfide) groups is 1. The number of methoxy groups -OCH3 is 1. The molecule has 4 nitrogen and oxygen atoms in total. The smallest absolute Gasteiger partial charge is 0.272 e. The molecule has 150 valence electrons. The molecule has 2 amide bonds. The van der Waals surface area contributed by atoms with Gasteiger partial charge in [-0.15, -0.1) is 0 Å². The van der Waals surface area contributed by atoms with E-state index in [1.807, 2.05) is 37.3 Å². The van der Waals surface area contributed by atoms with Crippen LogP contribution in [0.1, 0.15) is 11.1 Å². The highest BCUT2D eigenvalue weighted by Gasteiger charge is 2.40. The number of imide groups is 1. The summed E-state index contributed by atoms with van der Waals surface area (Å²) in [6, 6.07) is 21.8. The third kappa shape index (κ3) is 3.74. The fourth-order valence-electron chi connectivity index (χ4n) is 3.18. The molecule has 0 radical (unpaired) electrons. The molecule has 3 aromatic carbocycles. The van der Waals surface area contributed by atoms with E-state index in [1.54, 1.807) is 49.6 Å². The zero-order chi connectivity index (χ0) is 21.3. The quantitative estimate of drug-likeness (QED) is 0.480. The molecule has 6 heteroatoms. The van der Waals surface area contributed by atoms with Gasteiger partial charge in [0.25, 0.3) is 11.8 Å². The Morgan fingerprint density at radius 2 is 1.60 bits per heavy atom. The number of anilines is 1. The number of halogens is 1. The number of aryl methyl sites for hydroxylation is 1. The number of nitrogens with zero attached hydrogens (tertiary/aromatic N) is 1. The van der Waals surface area contributed by atoms with Crippen LogP contribution in [0.25, 0.3) is 5.57 Å². The SMILES string of the molecule is COc1ccc(C2=C(Sc3ccccc3)C(=O)N(c3ccc(C)c(Cl)c3)C2=O)cc1. The number of rotatable bonds is 5. The second-order valence-electron chi connectivity index (χ2n) is 6.73. The average molecular weight is 436 g/mol. The summed E-state index contributed by atoms with van der Waals surface area (Å²) in [5, 5.41) is 0.503. The average Bonchev–Trinajstić information content (AvgIpc) is 3.00. The molecule has 4 rings (SSSR count). The Kier molecular flexibility index (Phi) is 5.66. The highest BCUT2D eigenvalue weighted by Crippen LogP contribution is 2.42. The van der Waals surface area contributed by atoms with E-state index >= 15 is 0 Å². The molecule has 0 unspecified atom stereocenters. The summed E-state index contributed by atoms with van der Waals surface area (Å²) >= 11 is 7.54. The van der Waals surface area contributed by atoms with Crippen molar-refractivity contribution in [2.24, 2.45) is 0 Å². The van der Waals surface area contributed by atoms with Crippen molar-refractivity contribution in [3.8, 4) is 5.75 Å². The van der Waals surface area contributed by atoms with Crippen molar-refractivity contribution in [2.45, 2.75) is 11.8 Å². The number of carbonyl (C=O) groups excluding carboxylic acids is 2. The Bertz CT molecular complexity index is 1160. The van der Waals surface area contributed by atoms with Crippen LogP contribution in [0, 0.1) is 6.92 Å². The van der Waals surface area contributed by atoms with Crippen LogP contribution in [-0.4, -0.2) is 18.9 Å².